The molecule has 1 aromatic heterocycles. The number of hydrogen-bond donors (Lipinski definition) is 0. The van der Waals surface area contributed by atoms with E-state index >= 15 is 0 Å². The maximum atomic E-state index is 6.24. The molecule has 0 aliphatic carbocycles. The molecule has 1 heteroatoms. The van der Waals surface area contributed by atoms with Crippen molar-refractivity contribution in [3.8, 4) is 11.1 Å². The molecule has 1 heterocycles. The second kappa shape index (κ2) is 4.97. The quantitative estimate of drug-likeness (QED) is 0.335. The lowest BCUT2D eigenvalue weighted by molar-refractivity contribution is 0.670. The molecule has 1 nitrogen and oxygen atoms in total. The molecule has 0 N–H and O–H groups in total. The molecular formula is C23H16O. The van der Waals surface area contributed by atoms with E-state index in [4.69, 9.17) is 4.42 Å². The number of furan rings is 1. The van der Waals surface area contributed by atoms with Crippen LogP contribution in [0.15, 0.2) is 83.3 Å². The van der Waals surface area contributed by atoms with Gasteiger partial charge in [0.15, 0.2) is 0 Å². The van der Waals surface area contributed by atoms with Crippen LogP contribution in [-0.4, -0.2) is 0 Å². The van der Waals surface area contributed by atoms with Gasteiger partial charge in [-0.25, -0.2) is 0 Å². The molecule has 0 bridgehead atoms. The average Bonchev–Trinajstić information content (AvgIpc) is 3.01. The van der Waals surface area contributed by atoms with Gasteiger partial charge < -0.3 is 4.42 Å². The van der Waals surface area contributed by atoms with E-state index in [0.29, 0.717) is 0 Å². The molecule has 0 atom stereocenters. The Morgan fingerprint density at radius 2 is 1.38 bits per heavy atom. The normalized spacial score (nSPS) is 11.5. The summed E-state index contributed by atoms with van der Waals surface area (Å²) in [6, 6.07) is 27.6. The van der Waals surface area contributed by atoms with E-state index in [1.807, 2.05) is 12.1 Å². The van der Waals surface area contributed by atoms with Crippen LogP contribution >= 0.6 is 0 Å². The van der Waals surface area contributed by atoms with Crippen LogP contribution in [0.5, 0.6) is 0 Å². The highest BCUT2D eigenvalue weighted by Crippen LogP contribution is 2.39. The Hall–Kier alpha value is -3.06. The van der Waals surface area contributed by atoms with Crippen LogP contribution in [0.3, 0.4) is 0 Å². The van der Waals surface area contributed by atoms with Gasteiger partial charge in [0.05, 0.1) is 0 Å². The summed E-state index contributed by atoms with van der Waals surface area (Å²) in [6.07, 6.45) is 0. The molecule has 0 fully saturated rings. The van der Waals surface area contributed by atoms with Crippen molar-refractivity contribution in [2.45, 2.75) is 6.92 Å². The summed E-state index contributed by atoms with van der Waals surface area (Å²) in [5, 5.41) is 4.87. The van der Waals surface area contributed by atoms with E-state index in [2.05, 4.69) is 73.7 Å². The fourth-order valence-electron chi connectivity index (χ4n) is 3.68. The first-order valence-corrected chi connectivity index (χ1v) is 8.22. The molecule has 0 aliphatic rings. The van der Waals surface area contributed by atoms with Gasteiger partial charge in [-0.3, -0.25) is 0 Å². The Morgan fingerprint density at radius 3 is 2.29 bits per heavy atom. The molecule has 0 saturated heterocycles. The van der Waals surface area contributed by atoms with Gasteiger partial charge in [0.1, 0.15) is 11.2 Å². The molecular weight excluding hydrogens is 292 g/mol. The van der Waals surface area contributed by atoms with Gasteiger partial charge >= 0.3 is 0 Å². The fourth-order valence-corrected chi connectivity index (χ4v) is 3.68. The van der Waals surface area contributed by atoms with Gasteiger partial charge in [0.2, 0.25) is 0 Å². The highest BCUT2D eigenvalue weighted by atomic mass is 16.3. The van der Waals surface area contributed by atoms with Crippen LogP contribution in [0.2, 0.25) is 0 Å². The number of para-hydroxylation sites is 2. The second-order valence-corrected chi connectivity index (χ2v) is 6.26. The zero-order valence-corrected chi connectivity index (χ0v) is 13.4. The maximum Gasteiger partial charge on any atom is 0.143 e. The lowest BCUT2D eigenvalue weighted by Gasteiger charge is -2.11. The minimum atomic E-state index is 0.942. The van der Waals surface area contributed by atoms with Crippen LogP contribution in [0.25, 0.3) is 43.8 Å². The topological polar surface area (TPSA) is 13.1 Å². The third-order valence-electron chi connectivity index (χ3n) is 4.81. The van der Waals surface area contributed by atoms with Gasteiger partial charge in [-0.2, -0.15) is 0 Å². The molecule has 4 aromatic carbocycles. The summed E-state index contributed by atoms with van der Waals surface area (Å²) in [6.45, 7) is 2.17. The predicted octanol–water partition coefficient (Wildman–Crippen LogP) is 6.71. The van der Waals surface area contributed by atoms with Gasteiger partial charge in [0.25, 0.3) is 0 Å². The lowest BCUT2D eigenvalue weighted by atomic mass is 9.93. The van der Waals surface area contributed by atoms with Gasteiger partial charge in [-0.15, -0.1) is 0 Å². The minimum Gasteiger partial charge on any atom is -0.455 e. The van der Waals surface area contributed by atoms with Crippen molar-refractivity contribution in [1.82, 2.24) is 0 Å². The first-order chi connectivity index (χ1) is 11.8. The van der Waals surface area contributed by atoms with Gasteiger partial charge in [0, 0.05) is 16.3 Å². The van der Waals surface area contributed by atoms with Crippen LogP contribution in [0, 0.1) is 6.92 Å². The summed E-state index contributed by atoms with van der Waals surface area (Å²) in [5.74, 6) is 0. The Labute approximate surface area is 140 Å². The van der Waals surface area contributed by atoms with Gasteiger partial charge in [-0.05, 0) is 34.9 Å². The summed E-state index contributed by atoms with van der Waals surface area (Å²) in [4.78, 5) is 0. The van der Waals surface area contributed by atoms with Crippen molar-refractivity contribution in [2.24, 2.45) is 0 Å². The van der Waals surface area contributed by atoms with Crippen molar-refractivity contribution in [2.75, 3.05) is 0 Å². The Balaban J connectivity index is 1.96. The van der Waals surface area contributed by atoms with E-state index in [9.17, 15) is 0 Å². The first kappa shape index (κ1) is 13.4. The van der Waals surface area contributed by atoms with E-state index in [1.54, 1.807) is 0 Å². The van der Waals surface area contributed by atoms with Crippen LogP contribution in [0.4, 0.5) is 0 Å². The molecule has 114 valence electrons. The monoisotopic (exact) mass is 308 g/mol. The zero-order chi connectivity index (χ0) is 16.1. The Morgan fingerprint density at radius 1 is 0.625 bits per heavy atom. The summed E-state index contributed by atoms with van der Waals surface area (Å²) >= 11 is 0. The molecule has 0 radical (unpaired) electrons. The van der Waals surface area contributed by atoms with E-state index in [-0.39, 0.29) is 0 Å². The molecule has 0 spiro atoms. The third kappa shape index (κ3) is 1.82. The number of hydrogen-bond acceptors (Lipinski definition) is 1. The first-order valence-electron chi connectivity index (χ1n) is 8.22. The average molecular weight is 308 g/mol. The van der Waals surface area contributed by atoms with Crippen molar-refractivity contribution in [3.05, 3.63) is 84.4 Å². The standard InChI is InChI=1S/C23H16O/c1-15-13-14-16-7-2-3-8-17(16)22(15)20-11-6-10-19-18-9-4-5-12-21(18)24-23(19)20/h2-14H,1H3. The molecule has 0 amide bonds. The number of aryl methyl sites for hydroxylation is 1. The number of benzene rings is 4. The molecule has 5 rings (SSSR count). The van der Waals surface area contributed by atoms with E-state index in [1.165, 1.54) is 32.7 Å². The second-order valence-electron chi connectivity index (χ2n) is 6.26. The summed E-state index contributed by atoms with van der Waals surface area (Å²) in [7, 11) is 0. The van der Waals surface area contributed by atoms with Gasteiger partial charge in [-0.1, -0.05) is 72.8 Å². The zero-order valence-electron chi connectivity index (χ0n) is 13.4. The van der Waals surface area contributed by atoms with Crippen molar-refractivity contribution in [1.29, 1.82) is 0 Å². The van der Waals surface area contributed by atoms with Crippen molar-refractivity contribution < 1.29 is 4.42 Å². The third-order valence-corrected chi connectivity index (χ3v) is 4.81. The summed E-state index contributed by atoms with van der Waals surface area (Å²) in [5.41, 5.74) is 5.61. The largest absolute Gasteiger partial charge is 0.455 e. The molecule has 24 heavy (non-hydrogen) atoms. The Kier molecular flexibility index (Phi) is 2.77. The summed E-state index contributed by atoms with van der Waals surface area (Å²) < 4.78 is 6.24. The minimum absolute atomic E-state index is 0.942. The van der Waals surface area contributed by atoms with E-state index in [0.717, 1.165) is 16.7 Å². The van der Waals surface area contributed by atoms with Crippen LogP contribution in [-0.2, 0) is 0 Å². The predicted molar refractivity (Wildman–Crippen MR) is 101 cm³/mol. The highest BCUT2D eigenvalue weighted by molar-refractivity contribution is 6.12. The molecule has 5 aromatic rings. The van der Waals surface area contributed by atoms with Crippen LogP contribution < -0.4 is 0 Å². The van der Waals surface area contributed by atoms with Crippen molar-refractivity contribution >= 4 is 32.7 Å². The maximum absolute atomic E-state index is 6.24. The van der Waals surface area contributed by atoms with Crippen LogP contribution in [0.1, 0.15) is 5.56 Å². The molecule has 0 unspecified atom stereocenters. The molecule has 0 aliphatic heterocycles. The van der Waals surface area contributed by atoms with Crippen molar-refractivity contribution in [3.63, 3.8) is 0 Å². The fraction of sp³-hybridized carbons (Fsp3) is 0.0435. The molecule has 0 saturated carbocycles. The lowest BCUT2D eigenvalue weighted by Crippen LogP contribution is -1.87. The SMILES string of the molecule is Cc1ccc2ccccc2c1-c1cccc2c1oc1ccccc12. The highest BCUT2D eigenvalue weighted by Gasteiger charge is 2.15. The van der Waals surface area contributed by atoms with E-state index < -0.39 is 0 Å². The Bertz CT molecular complexity index is 1210. The number of fused-ring (bicyclic) bond motifs is 4. The smallest absolute Gasteiger partial charge is 0.143 e. The number of rotatable bonds is 1.